The Bertz CT molecular complexity index is 947. The van der Waals surface area contributed by atoms with Crippen LogP contribution >= 0.6 is 0 Å². The van der Waals surface area contributed by atoms with E-state index in [0.717, 1.165) is 42.4 Å². The number of halogens is 3. The lowest BCUT2D eigenvalue weighted by Gasteiger charge is -2.26. The molecule has 170 valence electrons. The molecule has 4 rings (SSSR count). The number of carboxylic acid groups (broad SMARTS) is 1. The number of rotatable bonds is 3. The third kappa shape index (κ3) is 5.44. The largest absolute Gasteiger partial charge is 0.490 e. The summed E-state index contributed by atoms with van der Waals surface area (Å²) in [6.45, 7) is 6.69. The highest BCUT2D eigenvalue weighted by Gasteiger charge is 2.38. The average Bonchev–Trinajstić information content (AvgIpc) is 3.39. The monoisotopic (exact) mass is 444 g/mol. The molecular weight excluding hydrogens is 421 g/mol. The SMILES string of the molecule is Cc1ccc(CN2Cc3c(C(=O)N4CCOCC4)nn(C)c3C2)o1.O=C(O)C(F)(F)F. The first-order valence-electron chi connectivity index (χ1n) is 9.55. The van der Waals surface area contributed by atoms with Crippen LogP contribution in [-0.4, -0.2) is 69.0 Å². The molecule has 31 heavy (non-hydrogen) atoms. The van der Waals surface area contributed by atoms with Gasteiger partial charge in [0, 0.05) is 38.8 Å². The second-order valence-corrected chi connectivity index (χ2v) is 7.26. The van der Waals surface area contributed by atoms with Crippen LogP contribution in [0.5, 0.6) is 0 Å². The molecule has 2 aliphatic rings. The number of aliphatic carboxylic acids is 1. The number of carbonyl (C=O) groups is 2. The van der Waals surface area contributed by atoms with Gasteiger partial charge in [-0.3, -0.25) is 14.4 Å². The molecule has 0 unspecified atom stereocenters. The maximum Gasteiger partial charge on any atom is 0.490 e. The quantitative estimate of drug-likeness (QED) is 0.772. The van der Waals surface area contributed by atoms with Crippen molar-refractivity contribution >= 4 is 11.9 Å². The molecule has 0 radical (unpaired) electrons. The molecule has 0 spiro atoms. The summed E-state index contributed by atoms with van der Waals surface area (Å²) in [7, 11) is 1.91. The van der Waals surface area contributed by atoms with Crippen molar-refractivity contribution in [2.24, 2.45) is 7.05 Å². The van der Waals surface area contributed by atoms with Gasteiger partial charge in [-0.1, -0.05) is 0 Å². The minimum absolute atomic E-state index is 0.0193. The van der Waals surface area contributed by atoms with Crippen LogP contribution < -0.4 is 0 Å². The number of amides is 1. The normalized spacial score (nSPS) is 16.6. The topological polar surface area (TPSA) is 101 Å². The van der Waals surface area contributed by atoms with Crippen molar-refractivity contribution in [3.8, 4) is 0 Å². The van der Waals surface area contributed by atoms with Crippen molar-refractivity contribution in [1.29, 1.82) is 0 Å². The molecule has 0 aliphatic carbocycles. The van der Waals surface area contributed by atoms with E-state index in [4.69, 9.17) is 19.1 Å². The summed E-state index contributed by atoms with van der Waals surface area (Å²) in [6.07, 6.45) is -5.08. The molecule has 0 saturated carbocycles. The van der Waals surface area contributed by atoms with Gasteiger partial charge < -0.3 is 19.2 Å². The van der Waals surface area contributed by atoms with Crippen LogP contribution in [0.1, 0.15) is 33.3 Å². The maximum atomic E-state index is 12.8. The summed E-state index contributed by atoms with van der Waals surface area (Å²) in [5.41, 5.74) is 2.76. The number of ether oxygens (including phenoxy) is 1. The van der Waals surface area contributed by atoms with Gasteiger partial charge in [0.05, 0.1) is 25.5 Å². The summed E-state index contributed by atoms with van der Waals surface area (Å²) in [6, 6.07) is 3.99. The van der Waals surface area contributed by atoms with Gasteiger partial charge in [-0.2, -0.15) is 18.3 Å². The number of alkyl halides is 3. The lowest BCUT2D eigenvalue weighted by molar-refractivity contribution is -0.192. The van der Waals surface area contributed by atoms with Crippen molar-refractivity contribution < 1.29 is 37.0 Å². The second kappa shape index (κ2) is 9.10. The standard InChI is InChI=1S/C17H22N4O3.C2HF3O2/c1-12-3-4-13(24-12)9-20-10-14-15(11-20)19(2)18-16(14)17(22)21-5-7-23-8-6-21;3-2(4,5)1(6)7/h3-4H,5-11H2,1-2H3;(H,6,7). The zero-order chi connectivity index (χ0) is 22.8. The third-order valence-electron chi connectivity index (χ3n) is 4.95. The first-order chi connectivity index (χ1) is 14.6. The zero-order valence-corrected chi connectivity index (χ0v) is 17.1. The molecule has 1 N–H and O–H groups in total. The second-order valence-electron chi connectivity index (χ2n) is 7.26. The third-order valence-corrected chi connectivity index (χ3v) is 4.95. The van der Waals surface area contributed by atoms with Crippen molar-refractivity contribution in [2.45, 2.75) is 32.7 Å². The summed E-state index contributed by atoms with van der Waals surface area (Å²) >= 11 is 0. The lowest BCUT2D eigenvalue weighted by atomic mass is 10.2. The molecule has 12 heteroatoms. The Morgan fingerprint density at radius 3 is 2.39 bits per heavy atom. The number of carboxylic acids is 1. The Kier molecular flexibility index (Phi) is 6.70. The van der Waals surface area contributed by atoms with Gasteiger partial charge in [0.1, 0.15) is 11.5 Å². The molecule has 0 atom stereocenters. The molecule has 0 bridgehead atoms. The van der Waals surface area contributed by atoms with E-state index in [-0.39, 0.29) is 5.91 Å². The van der Waals surface area contributed by atoms with E-state index < -0.39 is 12.1 Å². The summed E-state index contributed by atoms with van der Waals surface area (Å²) in [4.78, 5) is 25.8. The molecule has 2 aromatic rings. The number of morpholine rings is 1. The van der Waals surface area contributed by atoms with Crippen molar-refractivity contribution in [3.05, 3.63) is 40.6 Å². The molecule has 1 saturated heterocycles. The Labute approximate surface area is 176 Å². The molecule has 4 heterocycles. The van der Waals surface area contributed by atoms with Crippen LogP contribution in [0.3, 0.4) is 0 Å². The number of aryl methyl sites for hydroxylation is 2. The molecule has 9 nitrogen and oxygen atoms in total. The van der Waals surface area contributed by atoms with Gasteiger partial charge in [-0.05, 0) is 19.1 Å². The first kappa shape index (κ1) is 22.8. The number of carbonyl (C=O) groups excluding carboxylic acids is 1. The van der Waals surface area contributed by atoms with Crippen LogP contribution in [0.2, 0.25) is 0 Å². The summed E-state index contributed by atoms with van der Waals surface area (Å²) in [5.74, 6) is -0.862. The fourth-order valence-electron chi connectivity index (χ4n) is 3.45. The van der Waals surface area contributed by atoms with Crippen LogP contribution in [0, 0.1) is 6.92 Å². The minimum atomic E-state index is -5.08. The van der Waals surface area contributed by atoms with Crippen molar-refractivity contribution in [2.75, 3.05) is 26.3 Å². The highest BCUT2D eigenvalue weighted by Crippen LogP contribution is 2.28. The van der Waals surface area contributed by atoms with E-state index >= 15 is 0 Å². The molecule has 2 aromatic heterocycles. The molecule has 2 aliphatic heterocycles. The number of nitrogens with zero attached hydrogens (tertiary/aromatic N) is 4. The highest BCUT2D eigenvalue weighted by molar-refractivity contribution is 5.94. The van der Waals surface area contributed by atoms with Gasteiger partial charge in [-0.25, -0.2) is 4.79 Å². The number of hydrogen-bond acceptors (Lipinski definition) is 6. The van der Waals surface area contributed by atoms with Gasteiger partial charge in [-0.15, -0.1) is 0 Å². The minimum Gasteiger partial charge on any atom is -0.475 e. The fraction of sp³-hybridized carbons (Fsp3) is 0.526. The molecular formula is C19H23F3N4O5. The Morgan fingerprint density at radius 1 is 1.19 bits per heavy atom. The molecule has 1 fully saturated rings. The Morgan fingerprint density at radius 2 is 1.84 bits per heavy atom. The Hall–Kier alpha value is -2.86. The van der Waals surface area contributed by atoms with Crippen molar-refractivity contribution in [1.82, 2.24) is 19.6 Å². The van der Waals surface area contributed by atoms with Crippen LogP contribution in [0.25, 0.3) is 0 Å². The van der Waals surface area contributed by atoms with Gasteiger partial charge in [0.25, 0.3) is 5.91 Å². The predicted octanol–water partition coefficient (Wildman–Crippen LogP) is 1.94. The van der Waals surface area contributed by atoms with E-state index in [1.165, 1.54) is 0 Å². The van der Waals surface area contributed by atoms with Crippen LogP contribution in [0.15, 0.2) is 16.5 Å². The Balaban J connectivity index is 0.000000339. The van der Waals surface area contributed by atoms with E-state index in [0.29, 0.717) is 32.0 Å². The number of hydrogen-bond donors (Lipinski definition) is 1. The number of furan rings is 1. The molecule has 0 aromatic carbocycles. The van der Waals surface area contributed by atoms with Crippen LogP contribution in [0.4, 0.5) is 13.2 Å². The fourth-order valence-corrected chi connectivity index (χ4v) is 3.45. The lowest BCUT2D eigenvalue weighted by Crippen LogP contribution is -2.41. The average molecular weight is 444 g/mol. The van der Waals surface area contributed by atoms with Gasteiger partial charge >= 0.3 is 12.1 Å². The van der Waals surface area contributed by atoms with Gasteiger partial charge in [0.2, 0.25) is 0 Å². The summed E-state index contributed by atoms with van der Waals surface area (Å²) in [5, 5.41) is 11.6. The molecule has 1 amide bonds. The van der Waals surface area contributed by atoms with E-state index in [1.54, 1.807) is 0 Å². The van der Waals surface area contributed by atoms with E-state index in [2.05, 4.69) is 10.00 Å². The first-order valence-corrected chi connectivity index (χ1v) is 9.55. The van der Waals surface area contributed by atoms with E-state index in [9.17, 15) is 18.0 Å². The van der Waals surface area contributed by atoms with Gasteiger partial charge in [0.15, 0.2) is 5.69 Å². The number of fused-ring (bicyclic) bond motifs is 1. The van der Waals surface area contributed by atoms with Crippen molar-refractivity contribution in [3.63, 3.8) is 0 Å². The smallest absolute Gasteiger partial charge is 0.475 e. The number of aromatic nitrogens is 2. The highest BCUT2D eigenvalue weighted by atomic mass is 19.4. The maximum absolute atomic E-state index is 12.8. The van der Waals surface area contributed by atoms with Crippen LogP contribution in [-0.2, 0) is 36.2 Å². The van der Waals surface area contributed by atoms with E-state index in [1.807, 2.05) is 35.7 Å². The summed E-state index contributed by atoms with van der Waals surface area (Å²) < 4.78 is 44.6. The predicted molar refractivity (Wildman–Crippen MR) is 100 cm³/mol. The zero-order valence-electron chi connectivity index (χ0n) is 17.1.